The molecule has 27 heavy (non-hydrogen) atoms. The molecule has 2 saturated heterocycles. The lowest BCUT2D eigenvalue weighted by molar-refractivity contribution is -0.126. The summed E-state index contributed by atoms with van der Waals surface area (Å²) in [5, 5.41) is 3.10. The molecular formula is C21H31N3O3. The van der Waals surface area contributed by atoms with Gasteiger partial charge in [0.25, 0.3) is 0 Å². The van der Waals surface area contributed by atoms with Gasteiger partial charge in [0.05, 0.1) is 18.7 Å². The van der Waals surface area contributed by atoms with Crippen LogP contribution in [-0.2, 0) is 9.59 Å². The number of carbonyl (C=O) groups excluding carboxylic acids is 2. The molecule has 1 aromatic rings. The van der Waals surface area contributed by atoms with Crippen LogP contribution in [0, 0.1) is 11.8 Å². The molecule has 2 heterocycles. The van der Waals surface area contributed by atoms with Gasteiger partial charge in [0.15, 0.2) is 0 Å². The number of para-hydroxylation sites is 2. The minimum Gasteiger partial charge on any atom is -0.495 e. The Labute approximate surface area is 161 Å². The molecule has 6 nitrogen and oxygen atoms in total. The van der Waals surface area contributed by atoms with Crippen molar-refractivity contribution in [2.75, 3.05) is 38.2 Å². The van der Waals surface area contributed by atoms with E-state index < -0.39 is 0 Å². The summed E-state index contributed by atoms with van der Waals surface area (Å²) >= 11 is 0. The predicted octanol–water partition coefficient (Wildman–Crippen LogP) is 2.28. The Hall–Kier alpha value is -2.08. The summed E-state index contributed by atoms with van der Waals surface area (Å²) in [5.41, 5.74) is 0.736. The lowest BCUT2D eigenvalue weighted by Gasteiger charge is -2.35. The summed E-state index contributed by atoms with van der Waals surface area (Å²) in [7, 11) is 1.59. The molecule has 2 aliphatic rings. The SMILES string of the molecule is COc1ccccc1N1C[C@H](C(=O)NC[C@@H]2CCCN(C(C)C)C2)CC1=O. The van der Waals surface area contributed by atoms with E-state index in [9.17, 15) is 9.59 Å². The van der Waals surface area contributed by atoms with Gasteiger partial charge in [-0.2, -0.15) is 0 Å². The summed E-state index contributed by atoms with van der Waals surface area (Å²) in [4.78, 5) is 29.3. The highest BCUT2D eigenvalue weighted by molar-refractivity contribution is 6.01. The van der Waals surface area contributed by atoms with Gasteiger partial charge in [-0.3, -0.25) is 9.59 Å². The Balaban J connectivity index is 1.55. The number of anilines is 1. The van der Waals surface area contributed by atoms with Crippen LogP contribution in [0.1, 0.15) is 33.1 Å². The highest BCUT2D eigenvalue weighted by atomic mass is 16.5. The van der Waals surface area contributed by atoms with Gasteiger partial charge in [0.1, 0.15) is 5.75 Å². The van der Waals surface area contributed by atoms with Gasteiger partial charge in [-0.05, 0) is 51.3 Å². The van der Waals surface area contributed by atoms with Crippen LogP contribution in [-0.4, -0.2) is 56.0 Å². The van der Waals surface area contributed by atoms with Gasteiger partial charge >= 0.3 is 0 Å². The van der Waals surface area contributed by atoms with E-state index in [0.29, 0.717) is 30.8 Å². The van der Waals surface area contributed by atoms with E-state index in [1.807, 2.05) is 24.3 Å². The van der Waals surface area contributed by atoms with E-state index in [0.717, 1.165) is 25.2 Å². The molecule has 148 valence electrons. The Morgan fingerprint density at radius 2 is 2.07 bits per heavy atom. The molecular weight excluding hydrogens is 342 g/mol. The number of ether oxygens (including phenoxy) is 1. The van der Waals surface area contributed by atoms with Crippen molar-refractivity contribution in [3.8, 4) is 5.75 Å². The number of likely N-dealkylation sites (tertiary alicyclic amines) is 1. The molecule has 1 N–H and O–H groups in total. The Morgan fingerprint density at radius 1 is 1.30 bits per heavy atom. The smallest absolute Gasteiger partial charge is 0.227 e. The van der Waals surface area contributed by atoms with Gasteiger partial charge in [0.2, 0.25) is 11.8 Å². The molecule has 0 unspecified atom stereocenters. The largest absolute Gasteiger partial charge is 0.495 e. The normalized spacial score (nSPS) is 23.7. The molecule has 6 heteroatoms. The van der Waals surface area contributed by atoms with Gasteiger partial charge in [-0.1, -0.05) is 12.1 Å². The van der Waals surface area contributed by atoms with E-state index in [-0.39, 0.29) is 24.2 Å². The van der Waals surface area contributed by atoms with Crippen LogP contribution >= 0.6 is 0 Å². The first-order valence-electron chi connectivity index (χ1n) is 9.94. The van der Waals surface area contributed by atoms with E-state index in [1.54, 1.807) is 12.0 Å². The van der Waals surface area contributed by atoms with Crippen molar-refractivity contribution in [2.24, 2.45) is 11.8 Å². The Morgan fingerprint density at radius 3 is 2.81 bits per heavy atom. The van der Waals surface area contributed by atoms with Crippen LogP contribution in [0.25, 0.3) is 0 Å². The first kappa shape index (κ1) is 19.7. The lowest BCUT2D eigenvalue weighted by Crippen LogP contribution is -2.44. The molecule has 2 fully saturated rings. The molecule has 1 aromatic carbocycles. The molecule has 0 bridgehead atoms. The van der Waals surface area contributed by atoms with Gasteiger partial charge in [0, 0.05) is 32.1 Å². The highest BCUT2D eigenvalue weighted by Gasteiger charge is 2.36. The molecule has 2 atom stereocenters. The van der Waals surface area contributed by atoms with E-state index in [2.05, 4.69) is 24.1 Å². The number of benzene rings is 1. The van der Waals surface area contributed by atoms with Crippen LogP contribution in [0.4, 0.5) is 5.69 Å². The maximum atomic E-state index is 12.6. The number of piperidine rings is 1. The first-order chi connectivity index (χ1) is 13.0. The number of methoxy groups -OCH3 is 1. The molecule has 0 aliphatic carbocycles. The van der Waals surface area contributed by atoms with Crippen molar-refractivity contribution < 1.29 is 14.3 Å². The van der Waals surface area contributed by atoms with Crippen LogP contribution in [0.3, 0.4) is 0 Å². The fraction of sp³-hybridized carbons (Fsp3) is 0.619. The number of nitrogens with zero attached hydrogens (tertiary/aromatic N) is 2. The maximum absolute atomic E-state index is 12.6. The highest BCUT2D eigenvalue weighted by Crippen LogP contribution is 2.32. The summed E-state index contributed by atoms with van der Waals surface area (Å²) in [5.74, 6) is 0.813. The van der Waals surface area contributed by atoms with Gasteiger partial charge in [-0.15, -0.1) is 0 Å². The third-order valence-corrected chi connectivity index (χ3v) is 5.72. The first-order valence-corrected chi connectivity index (χ1v) is 9.94. The van der Waals surface area contributed by atoms with Crippen molar-refractivity contribution in [1.82, 2.24) is 10.2 Å². The van der Waals surface area contributed by atoms with E-state index >= 15 is 0 Å². The predicted molar refractivity (Wildman–Crippen MR) is 106 cm³/mol. The monoisotopic (exact) mass is 373 g/mol. The molecule has 0 saturated carbocycles. The Kier molecular flexibility index (Phi) is 6.37. The third-order valence-electron chi connectivity index (χ3n) is 5.72. The molecule has 2 aliphatic heterocycles. The van der Waals surface area contributed by atoms with Crippen molar-refractivity contribution >= 4 is 17.5 Å². The fourth-order valence-corrected chi connectivity index (χ4v) is 4.09. The number of rotatable bonds is 6. The van der Waals surface area contributed by atoms with Gasteiger partial charge < -0.3 is 19.9 Å². The lowest BCUT2D eigenvalue weighted by atomic mass is 9.96. The summed E-state index contributed by atoms with van der Waals surface area (Å²) in [6, 6.07) is 7.99. The van der Waals surface area contributed by atoms with E-state index in [4.69, 9.17) is 4.74 Å². The van der Waals surface area contributed by atoms with Gasteiger partial charge in [-0.25, -0.2) is 0 Å². The third kappa shape index (κ3) is 4.61. The number of carbonyl (C=O) groups is 2. The zero-order chi connectivity index (χ0) is 19.4. The summed E-state index contributed by atoms with van der Waals surface area (Å²) in [6.45, 7) is 7.73. The number of hydrogen-bond acceptors (Lipinski definition) is 4. The minimum atomic E-state index is -0.299. The van der Waals surface area contributed by atoms with Crippen molar-refractivity contribution in [3.63, 3.8) is 0 Å². The van der Waals surface area contributed by atoms with Crippen LogP contribution in [0.15, 0.2) is 24.3 Å². The van der Waals surface area contributed by atoms with Crippen molar-refractivity contribution in [3.05, 3.63) is 24.3 Å². The molecule has 2 amide bonds. The Bertz CT molecular complexity index is 676. The second kappa shape index (κ2) is 8.74. The zero-order valence-electron chi connectivity index (χ0n) is 16.6. The maximum Gasteiger partial charge on any atom is 0.227 e. The quantitative estimate of drug-likeness (QED) is 0.831. The standard InChI is InChI=1S/C21H31N3O3/c1-15(2)23-10-6-7-16(13-23)12-22-21(26)17-11-20(25)24(14-17)18-8-4-5-9-19(18)27-3/h4-5,8-9,15-17H,6-7,10-14H2,1-3H3,(H,22,26)/t16-,17+/m0/s1. The van der Waals surface area contributed by atoms with Crippen molar-refractivity contribution in [2.45, 2.75) is 39.2 Å². The topological polar surface area (TPSA) is 61.9 Å². The fourth-order valence-electron chi connectivity index (χ4n) is 4.09. The van der Waals surface area contributed by atoms with E-state index in [1.165, 1.54) is 6.42 Å². The average Bonchev–Trinajstić information content (AvgIpc) is 3.07. The molecule has 3 rings (SSSR count). The van der Waals surface area contributed by atoms with Crippen molar-refractivity contribution in [1.29, 1.82) is 0 Å². The molecule has 0 radical (unpaired) electrons. The second-order valence-electron chi connectivity index (χ2n) is 7.92. The summed E-state index contributed by atoms with van der Waals surface area (Å²) in [6.07, 6.45) is 2.59. The number of hydrogen-bond donors (Lipinski definition) is 1. The molecule has 0 spiro atoms. The number of nitrogens with one attached hydrogen (secondary N) is 1. The van der Waals surface area contributed by atoms with Crippen LogP contribution in [0.2, 0.25) is 0 Å². The summed E-state index contributed by atoms with van der Waals surface area (Å²) < 4.78 is 5.36. The second-order valence-corrected chi connectivity index (χ2v) is 7.92. The molecule has 0 aromatic heterocycles. The number of amides is 2. The zero-order valence-corrected chi connectivity index (χ0v) is 16.6. The average molecular weight is 373 g/mol. The van der Waals surface area contributed by atoms with Crippen LogP contribution < -0.4 is 15.0 Å². The minimum absolute atomic E-state index is 0.0116. The van der Waals surface area contributed by atoms with Crippen LogP contribution in [0.5, 0.6) is 5.75 Å².